The Morgan fingerprint density at radius 1 is 1.12 bits per heavy atom. The molecule has 0 saturated heterocycles. The number of hydrogen-bond acceptors (Lipinski definition) is 7. The van der Waals surface area contributed by atoms with Crippen LogP contribution >= 0.6 is 0 Å². The summed E-state index contributed by atoms with van der Waals surface area (Å²) in [7, 11) is 0. The van der Waals surface area contributed by atoms with Gasteiger partial charge in [-0.15, -0.1) is 0 Å². The number of aromatic hydroxyl groups is 1. The average molecular weight is 333 g/mol. The maximum atomic E-state index is 11.5. The van der Waals surface area contributed by atoms with Crippen LogP contribution in [0.2, 0.25) is 0 Å². The van der Waals surface area contributed by atoms with Crippen LogP contribution in [0.25, 0.3) is 0 Å². The molecule has 0 unspecified atom stereocenters. The first-order valence-corrected chi connectivity index (χ1v) is 6.91. The Bertz CT molecular complexity index is 753. The Labute approximate surface area is 136 Å². The van der Waals surface area contributed by atoms with Gasteiger partial charge in [-0.2, -0.15) is 0 Å². The third-order valence-corrected chi connectivity index (χ3v) is 3.15. The van der Waals surface area contributed by atoms with Crippen molar-refractivity contribution in [1.29, 1.82) is 0 Å². The van der Waals surface area contributed by atoms with Crippen molar-refractivity contribution in [2.24, 2.45) is 5.73 Å². The van der Waals surface area contributed by atoms with Crippen LogP contribution in [0.1, 0.15) is 0 Å². The molecular weight excluding hydrogens is 318 g/mol. The van der Waals surface area contributed by atoms with Crippen LogP contribution in [-0.2, 0) is 0 Å². The van der Waals surface area contributed by atoms with Crippen molar-refractivity contribution in [3.63, 3.8) is 0 Å². The van der Waals surface area contributed by atoms with Gasteiger partial charge in [-0.25, -0.2) is 10.1 Å². The SMILES string of the molecule is NCCNc1ccc(O)c(N(c2ccccc2)[N+](=O)[O-])c1[N+](=O)[O-]. The molecule has 126 valence electrons. The molecule has 0 atom stereocenters. The third-order valence-electron chi connectivity index (χ3n) is 3.15. The molecule has 0 aliphatic rings. The van der Waals surface area contributed by atoms with Crippen LogP contribution in [-0.4, -0.2) is 28.2 Å². The van der Waals surface area contributed by atoms with Gasteiger partial charge in [0.05, 0.1) is 4.92 Å². The number of hydrogen-bond donors (Lipinski definition) is 3. The van der Waals surface area contributed by atoms with Crippen LogP contribution in [0, 0.1) is 20.2 Å². The highest BCUT2D eigenvalue weighted by Gasteiger charge is 2.35. The van der Waals surface area contributed by atoms with E-state index >= 15 is 0 Å². The maximum absolute atomic E-state index is 11.5. The molecule has 0 bridgehead atoms. The van der Waals surface area contributed by atoms with E-state index in [1.807, 2.05) is 0 Å². The number of para-hydroxylation sites is 1. The molecular formula is C14H15N5O5. The zero-order chi connectivity index (χ0) is 17.7. The van der Waals surface area contributed by atoms with E-state index in [1.165, 1.54) is 18.2 Å². The van der Waals surface area contributed by atoms with Gasteiger partial charge >= 0.3 is 5.69 Å². The number of hydrazine groups is 1. The number of benzene rings is 2. The summed E-state index contributed by atoms with van der Waals surface area (Å²) in [6.07, 6.45) is 0. The Hall–Kier alpha value is -3.40. The summed E-state index contributed by atoms with van der Waals surface area (Å²) in [6.45, 7) is 0.444. The van der Waals surface area contributed by atoms with Crippen LogP contribution in [0.3, 0.4) is 0 Å². The maximum Gasteiger partial charge on any atom is 0.325 e. The molecule has 0 saturated carbocycles. The highest BCUT2D eigenvalue weighted by atomic mass is 16.7. The summed E-state index contributed by atoms with van der Waals surface area (Å²) in [5.41, 5.74) is 4.33. The van der Waals surface area contributed by atoms with E-state index in [-0.39, 0.29) is 24.5 Å². The average Bonchev–Trinajstić information content (AvgIpc) is 2.55. The zero-order valence-corrected chi connectivity index (χ0v) is 12.5. The van der Waals surface area contributed by atoms with Gasteiger partial charge in [0.1, 0.15) is 11.4 Å². The summed E-state index contributed by atoms with van der Waals surface area (Å²) in [5.74, 6) is -0.583. The highest BCUT2D eigenvalue weighted by Crippen LogP contribution is 2.45. The van der Waals surface area contributed by atoms with Gasteiger partial charge in [0, 0.05) is 13.1 Å². The van der Waals surface area contributed by atoms with Gasteiger partial charge in [-0.3, -0.25) is 10.1 Å². The van der Waals surface area contributed by atoms with Crippen molar-refractivity contribution in [2.75, 3.05) is 23.4 Å². The fourth-order valence-corrected chi connectivity index (χ4v) is 2.19. The third kappa shape index (κ3) is 3.33. The largest absolute Gasteiger partial charge is 0.505 e. The van der Waals surface area contributed by atoms with Crippen LogP contribution in [0.4, 0.5) is 22.7 Å². The Kier molecular flexibility index (Phi) is 5.12. The van der Waals surface area contributed by atoms with Crippen molar-refractivity contribution >= 4 is 22.7 Å². The second kappa shape index (κ2) is 7.24. The van der Waals surface area contributed by atoms with Gasteiger partial charge in [-0.1, -0.05) is 23.2 Å². The van der Waals surface area contributed by atoms with Gasteiger partial charge in [0.15, 0.2) is 10.8 Å². The van der Waals surface area contributed by atoms with Crippen molar-refractivity contribution in [2.45, 2.75) is 0 Å². The van der Waals surface area contributed by atoms with Gasteiger partial charge in [-0.05, 0) is 24.3 Å². The second-order valence-corrected chi connectivity index (χ2v) is 4.69. The first-order valence-electron chi connectivity index (χ1n) is 6.91. The number of phenolic OH excluding ortho intramolecular Hbond substituents is 1. The smallest absolute Gasteiger partial charge is 0.325 e. The molecule has 4 N–H and O–H groups in total. The van der Waals surface area contributed by atoms with Crippen LogP contribution in [0.5, 0.6) is 5.75 Å². The van der Waals surface area contributed by atoms with E-state index in [0.29, 0.717) is 5.01 Å². The predicted molar refractivity (Wildman–Crippen MR) is 87.9 cm³/mol. The van der Waals surface area contributed by atoms with Crippen LogP contribution < -0.4 is 16.1 Å². The lowest BCUT2D eigenvalue weighted by Crippen LogP contribution is -2.25. The number of nitrogens with zero attached hydrogens (tertiary/aromatic N) is 3. The predicted octanol–water partition coefficient (Wildman–Crippen LogP) is 2.00. The molecule has 0 aliphatic carbocycles. The molecule has 0 aliphatic heterocycles. The van der Waals surface area contributed by atoms with E-state index in [2.05, 4.69) is 5.32 Å². The minimum absolute atomic E-state index is 0.0287. The van der Waals surface area contributed by atoms with E-state index in [0.717, 1.165) is 6.07 Å². The monoisotopic (exact) mass is 333 g/mol. The normalized spacial score (nSPS) is 10.2. The van der Waals surface area contributed by atoms with Gasteiger partial charge in [0.25, 0.3) is 0 Å². The quantitative estimate of drug-likeness (QED) is 0.396. The molecule has 0 spiro atoms. The molecule has 2 rings (SSSR count). The molecule has 10 nitrogen and oxygen atoms in total. The minimum Gasteiger partial charge on any atom is -0.505 e. The lowest BCUT2D eigenvalue weighted by atomic mass is 10.2. The summed E-state index contributed by atoms with van der Waals surface area (Å²) in [5, 5.41) is 35.4. The van der Waals surface area contributed by atoms with E-state index in [4.69, 9.17) is 5.73 Å². The molecule has 0 radical (unpaired) electrons. The number of nitrogens with two attached hydrogens (primary N) is 1. The molecule has 0 fully saturated rings. The summed E-state index contributed by atoms with van der Waals surface area (Å²) >= 11 is 0. The Morgan fingerprint density at radius 2 is 1.79 bits per heavy atom. The molecule has 2 aromatic rings. The highest BCUT2D eigenvalue weighted by molar-refractivity contribution is 5.84. The summed E-state index contributed by atoms with van der Waals surface area (Å²) in [6, 6.07) is 9.99. The first-order chi connectivity index (χ1) is 11.5. The molecule has 10 heteroatoms. The van der Waals surface area contributed by atoms with E-state index in [9.17, 15) is 25.3 Å². The molecule has 0 amide bonds. The molecule has 24 heavy (non-hydrogen) atoms. The van der Waals surface area contributed by atoms with Gasteiger partial charge < -0.3 is 16.2 Å². The lowest BCUT2D eigenvalue weighted by molar-refractivity contribution is -0.484. The number of phenols is 1. The zero-order valence-electron chi connectivity index (χ0n) is 12.5. The van der Waals surface area contributed by atoms with Crippen molar-refractivity contribution in [1.82, 2.24) is 0 Å². The van der Waals surface area contributed by atoms with Crippen molar-refractivity contribution in [3.05, 3.63) is 62.7 Å². The molecule has 0 aromatic heterocycles. The van der Waals surface area contributed by atoms with Crippen molar-refractivity contribution < 1.29 is 15.1 Å². The summed E-state index contributed by atoms with van der Waals surface area (Å²) in [4.78, 5) is 22.2. The van der Waals surface area contributed by atoms with Crippen molar-refractivity contribution in [3.8, 4) is 5.75 Å². The topological polar surface area (TPSA) is 148 Å². The number of nitro groups is 2. The summed E-state index contributed by atoms with van der Waals surface area (Å²) < 4.78 is 0. The fraction of sp³-hybridized carbons (Fsp3) is 0.143. The Balaban J connectivity index is 2.69. The fourth-order valence-electron chi connectivity index (χ4n) is 2.19. The van der Waals surface area contributed by atoms with Gasteiger partial charge in [0.2, 0.25) is 5.69 Å². The van der Waals surface area contributed by atoms with E-state index in [1.54, 1.807) is 18.2 Å². The molecule has 0 heterocycles. The van der Waals surface area contributed by atoms with Crippen LogP contribution in [0.15, 0.2) is 42.5 Å². The number of nitro benzene ring substituents is 1. The standard InChI is InChI=1S/C14H15N5O5/c15-8-9-16-11-6-7-12(20)14(13(11)18(21)22)17(19(23)24)10-4-2-1-3-5-10/h1-7,16,20H,8-9,15H2. The number of anilines is 3. The number of nitrogens with one attached hydrogen (secondary N) is 1. The molecule has 2 aromatic carbocycles. The lowest BCUT2D eigenvalue weighted by Gasteiger charge is -2.17. The number of rotatable bonds is 7. The second-order valence-electron chi connectivity index (χ2n) is 4.69. The Morgan fingerprint density at radius 3 is 2.33 bits per heavy atom. The van der Waals surface area contributed by atoms with E-state index < -0.39 is 27.1 Å². The minimum atomic E-state index is -0.829. The first kappa shape index (κ1) is 17.0.